The van der Waals surface area contributed by atoms with Crippen LogP contribution in [0.5, 0.6) is 0 Å². The van der Waals surface area contributed by atoms with Crippen LogP contribution in [0.15, 0.2) is 10.5 Å². The molecule has 1 heterocycles. The van der Waals surface area contributed by atoms with Crippen LogP contribution in [0.4, 0.5) is 0 Å². The fourth-order valence-electron chi connectivity index (χ4n) is 2.34. The maximum atomic E-state index is 6.05. The predicted octanol–water partition coefficient (Wildman–Crippen LogP) is 6.57. The molecule has 1 aliphatic rings. The predicted molar refractivity (Wildman–Crippen MR) is 79.9 cm³/mol. The number of alkyl halides is 1. The van der Waals surface area contributed by atoms with Crippen molar-refractivity contribution in [1.82, 2.24) is 0 Å². The molecule has 0 aliphatic heterocycles. The standard InChI is InChI=1S/C12H15Br2ClS/c13-9(6-5-8-3-1-2-4-8)11-7-10(14)12(15)16-11/h7-9H,1-6H2. The zero-order chi connectivity index (χ0) is 11.5. The van der Waals surface area contributed by atoms with E-state index in [1.54, 1.807) is 11.3 Å². The SMILES string of the molecule is Clc1sc(C(Br)CCC2CCCC2)cc1Br. The van der Waals surface area contributed by atoms with Crippen LogP contribution < -0.4 is 0 Å². The summed E-state index contributed by atoms with van der Waals surface area (Å²) in [5, 5.41) is 0. The second kappa shape index (κ2) is 6.21. The average Bonchev–Trinajstić information content (AvgIpc) is 2.86. The average molecular weight is 387 g/mol. The third-order valence-corrected chi connectivity index (χ3v) is 7.12. The van der Waals surface area contributed by atoms with Gasteiger partial charge >= 0.3 is 0 Å². The first kappa shape index (κ1) is 13.4. The number of hydrogen-bond donors (Lipinski definition) is 0. The lowest BCUT2D eigenvalue weighted by Gasteiger charge is -2.11. The number of hydrogen-bond acceptors (Lipinski definition) is 1. The van der Waals surface area contributed by atoms with E-state index < -0.39 is 0 Å². The van der Waals surface area contributed by atoms with Crippen molar-refractivity contribution in [3.05, 3.63) is 19.8 Å². The fourth-order valence-corrected chi connectivity index (χ4v) is 4.77. The summed E-state index contributed by atoms with van der Waals surface area (Å²) in [7, 11) is 0. The van der Waals surface area contributed by atoms with Crippen LogP contribution in [0.3, 0.4) is 0 Å². The molecule has 1 aromatic heterocycles. The van der Waals surface area contributed by atoms with Gasteiger partial charge in [-0.15, -0.1) is 11.3 Å². The number of thiophene rings is 1. The van der Waals surface area contributed by atoms with E-state index in [0.29, 0.717) is 4.83 Å². The van der Waals surface area contributed by atoms with Crippen LogP contribution >= 0.6 is 54.8 Å². The first-order chi connectivity index (χ1) is 7.66. The molecule has 2 rings (SSSR count). The molecule has 0 spiro atoms. The zero-order valence-electron chi connectivity index (χ0n) is 9.02. The third kappa shape index (κ3) is 3.47. The molecule has 4 heteroatoms. The van der Waals surface area contributed by atoms with Crippen molar-refractivity contribution in [2.75, 3.05) is 0 Å². The summed E-state index contributed by atoms with van der Waals surface area (Å²) < 4.78 is 1.89. The number of halogens is 3. The Labute approximate surface area is 123 Å². The molecular weight excluding hydrogens is 371 g/mol. The van der Waals surface area contributed by atoms with Crippen LogP contribution in [0.25, 0.3) is 0 Å². The van der Waals surface area contributed by atoms with Gasteiger partial charge in [0.2, 0.25) is 0 Å². The topological polar surface area (TPSA) is 0 Å². The van der Waals surface area contributed by atoms with Crippen molar-refractivity contribution in [3.63, 3.8) is 0 Å². The molecule has 0 N–H and O–H groups in total. The molecule has 1 aliphatic carbocycles. The van der Waals surface area contributed by atoms with Crippen LogP contribution in [-0.2, 0) is 0 Å². The van der Waals surface area contributed by atoms with E-state index in [4.69, 9.17) is 11.6 Å². The Kier molecular flexibility index (Phi) is 5.20. The van der Waals surface area contributed by atoms with Crippen LogP contribution in [-0.4, -0.2) is 0 Å². The number of rotatable bonds is 4. The van der Waals surface area contributed by atoms with Gasteiger partial charge in [0.05, 0.1) is 0 Å². The summed E-state index contributed by atoms with van der Waals surface area (Å²) in [4.78, 5) is 1.82. The highest BCUT2D eigenvalue weighted by Crippen LogP contribution is 2.41. The monoisotopic (exact) mass is 384 g/mol. The van der Waals surface area contributed by atoms with Gasteiger partial charge in [-0.2, -0.15) is 0 Å². The third-order valence-electron chi connectivity index (χ3n) is 3.28. The molecule has 0 aromatic carbocycles. The van der Waals surface area contributed by atoms with Crippen LogP contribution in [0.2, 0.25) is 4.34 Å². The second-order valence-electron chi connectivity index (χ2n) is 4.47. The van der Waals surface area contributed by atoms with Gasteiger partial charge in [0.15, 0.2) is 0 Å². The summed E-state index contributed by atoms with van der Waals surface area (Å²) in [5.41, 5.74) is 0. The molecular formula is C12H15Br2ClS. The molecule has 0 radical (unpaired) electrons. The highest BCUT2D eigenvalue weighted by molar-refractivity contribution is 9.10. The highest BCUT2D eigenvalue weighted by atomic mass is 79.9. The van der Waals surface area contributed by atoms with Gasteiger partial charge in [-0.25, -0.2) is 0 Å². The van der Waals surface area contributed by atoms with Gasteiger partial charge in [-0.3, -0.25) is 0 Å². The minimum Gasteiger partial charge on any atom is -0.126 e. The molecule has 1 saturated carbocycles. The quantitative estimate of drug-likeness (QED) is 0.513. The van der Waals surface area contributed by atoms with E-state index >= 15 is 0 Å². The minimum absolute atomic E-state index is 0.474. The van der Waals surface area contributed by atoms with Crippen molar-refractivity contribution in [1.29, 1.82) is 0 Å². The van der Waals surface area contributed by atoms with Crippen molar-refractivity contribution in [2.45, 2.75) is 43.4 Å². The van der Waals surface area contributed by atoms with E-state index in [1.165, 1.54) is 43.4 Å². The van der Waals surface area contributed by atoms with E-state index in [1.807, 2.05) is 0 Å². The van der Waals surface area contributed by atoms with Crippen LogP contribution in [0.1, 0.15) is 48.2 Å². The summed E-state index contributed by atoms with van der Waals surface area (Å²) in [6.07, 6.45) is 8.34. The Morgan fingerprint density at radius 3 is 2.69 bits per heavy atom. The summed E-state index contributed by atoms with van der Waals surface area (Å²) in [6.45, 7) is 0. The van der Waals surface area contributed by atoms with Crippen LogP contribution in [0, 0.1) is 5.92 Å². The Hall–Kier alpha value is 0.950. The summed E-state index contributed by atoms with van der Waals surface area (Å²) >= 11 is 15.0. The molecule has 0 bridgehead atoms. The first-order valence-electron chi connectivity index (χ1n) is 5.75. The minimum atomic E-state index is 0.474. The summed E-state index contributed by atoms with van der Waals surface area (Å²) in [6, 6.07) is 2.14. The lowest BCUT2D eigenvalue weighted by Crippen LogP contribution is -1.95. The molecule has 16 heavy (non-hydrogen) atoms. The maximum absolute atomic E-state index is 6.05. The molecule has 1 fully saturated rings. The Balaban J connectivity index is 1.84. The molecule has 90 valence electrons. The fraction of sp³-hybridized carbons (Fsp3) is 0.667. The normalized spacial score (nSPS) is 19.2. The lowest BCUT2D eigenvalue weighted by molar-refractivity contribution is 0.484. The van der Waals surface area contributed by atoms with Crippen molar-refractivity contribution >= 4 is 54.8 Å². The van der Waals surface area contributed by atoms with E-state index in [0.717, 1.165) is 14.7 Å². The molecule has 1 aromatic rings. The summed E-state index contributed by atoms with van der Waals surface area (Å²) in [5.74, 6) is 0.971. The Bertz CT molecular complexity index is 325. The van der Waals surface area contributed by atoms with Crippen molar-refractivity contribution in [3.8, 4) is 0 Å². The smallest absolute Gasteiger partial charge is 0.107 e. The van der Waals surface area contributed by atoms with Gasteiger partial charge < -0.3 is 0 Å². The zero-order valence-corrected chi connectivity index (χ0v) is 13.8. The molecule has 1 unspecified atom stereocenters. The maximum Gasteiger partial charge on any atom is 0.107 e. The van der Waals surface area contributed by atoms with Gasteiger partial charge in [0.25, 0.3) is 0 Å². The molecule has 0 nitrogen and oxygen atoms in total. The Morgan fingerprint density at radius 1 is 1.44 bits per heavy atom. The molecule has 0 saturated heterocycles. The largest absolute Gasteiger partial charge is 0.126 e. The van der Waals surface area contributed by atoms with E-state index in [2.05, 4.69) is 37.9 Å². The van der Waals surface area contributed by atoms with E-state index in [9.17, 15) is 0 Å². The first-order valence-corrected chi connectivity index (χ1v) is 8.66. The molecule has 1 atom stereocenters. The van der Waals surface area contributed by atoms with E-state index in [-0.39, 0.29) is 0 Å². The van der Waals surface area contributed by atoms with Crippen molar-refractivity contribution < 1.29 is 0 Å². The van der Waals surface area contributed by atoms with Gasteiger partial charge in [-0.1, -0.05) is 53.2 Å². The lowest BCUT2D eigenvalue weighted by atomic mass is 10.0. The van der Waals surface area contributed by atoms with Gasteiger partial charge in [0, 0.05) is 14.2 Å². The Morgan fingerprint density at radius 2 is 2.12 bits per heavy atom. The highest BCUT2D eigenvalue weighted by Gasteiger charge is 2.18. The molecule has 0 amide bonds. The second-order valence-corrected chi connectivity index (χ2v) is 8.11. The van der Waals surface area contributed by atoms with Gasteiger partial charge in [-0.05, 0) is 40.8 Å². The van der Waals surface area contributed by atoms with Crippen molar-refractivity contribution in [2.24, 2.45) is 5.92 Å². The van der Waals surface area contributed by atoms with Gasteiger partial charge in [0.1, 0.15) is 4.34 Å².